The first-order chi connectivity index (χ1) is 8.09. The smallest absolute Gasteiger partial charge is 0.342 e. The highest BCUT2D eigenvalue weighted by Gasteiger charge is 2.44. The van der Waals surface area contributed by atoms with Crippen LogP contribution in [0.1, 0.15) is 13.8 Å². The average Bonchev–Trinajstić information content (AvgIpc) is 2.50. The molecule has 0 amide bonds. The fourth-order valence-electron chi connectivity index (χ4n) is 3.30. The molecule has 3 heteroatoms. The van der Waals surface area contributed by atoms with E-state index in [4.69, 9.17) is 4.74 Å². The van der Waals surface area contributed by atoms with Crippen LogP contribution in [0.25, 0.3) is 0 Å². The summed E-state index contributed by atoms with van der Waals surface area (Å²) in [4.78, 5) is 11.6. The summed E-state index contributed by atoms with van der Waals surface area (Å²) in [6.07, 6.45) is 6.24. The van der Waals surface area contributed by atoms with Crippen LogP contribution in [0.4, 0.5) is 0 Å². The van der Waals surface area contributed by atoms with Crippen LogP contribution in [0.15, 0.2) is 35.1 Å². The van der Waals surface area contributed by atoms with Gasteiger partial charge in [0.25, 0.3) is 0 Å². The van der Waals surface area contributed by atoms with Gasteiger partial charge < -0.3 is 9.84 Å². The Morgan fingerprint density at radius 2 is 2.00 bits per heavy atom. The van der Waals surface area contributed by atoms with Crippen molar-refractivity contribution in [3.05, 3.63) is 35.1 Å². The van der Waals surface area contributed by atoms with Gasteiger partial charge in [0.05, 0.1) is 0 Å². The molecule has 4 rings (SSSR count). The second kappa shape index (κ2) is 3.49. The predicted octanol–water partition coefficient (Wildman–Crippen LogP) is 2.37. The third-order valence-electron chi connectivity index (χ3n) is 4.42. The molecular formula is C14H16O3. The van der Waals surface area contributed by atoms with Gasteiger partial charge in [0.1, 0.15) is 17.9 Å². The summed E-state index contributed by atoms with van der Waals surface area (Å²) < 4.78 is 4.84. The van der Waals surface area contributed by atoms with E-state index in [1.165, 1.54) is 0 Å². The van der Waals surface area contributed by atoms with E-state index in [0.29, 0.717) is 29.2 Å². The largest absolute Gasteiger partial charge is 0.508 e. The number of hydrogen-bond acceptors (Lipinski definition) is 3. The van der Waals surface area contributed by atoms with Gasteiger partial charge in [-0.3, -0.25) is 0 Å². The second-order valence-corrected chi connectivity index (χ2v) is 5.25. The highest BCUT2D eigenvalue weighted by Crippen LogP contribution is 2.50. The minimum absolute atomic E-state index is 0.0124. The molecule has 3 aliphatic carbocycles. The monoisotopic (exact) mass is 232 g/mol. The molecule has 0 radical (unpaired) electrons. The Bertz CT molecular complexity index is 460. The number of rotatable bonds is 1. The van der Waals surface area contributed by atoms with Gasteiger partial charge >= 0.3 is 5.97 Å². The SMILES string of the molecule is CC1C2C=CC(C3=C(O)COC3=O)=CC1C2C. The number of hydrogen-bond donors (Lipinski definition) is 1. The van der Waals surface area contributed by atoms with E-state index in [1.54, 1.807) is 0 Å². The van der Waals surface area contributed by atoms with E-state index in [2.05, 4.69) is 26.0 Å². The maximum atomic E-state index is 11.6. The summed E-state index contributed by atoms with van der Waals surface area (Å²) in [5, 5.41) is 9.69. The van der Waals surface area contributed by atoms with Crippen LogP contribution in [0.3, 0.4) is 0 Å². The summed E-state index contributed by atoms with van der Waals surface area (Å²) in [6.45, 7) is 4.49. The zero-order valence-corrected chi connectivity index (χ0v) is 10.0. The van der Waals surface area contributed by atoms with Gasteiger partial charge in [0.15, 0.2) is 0 Å². The lowest BCUT2D eigenvalue weighted by Crippen LogP contribution is -2.40. The standard InChI is InChI=1S/C14H16O3/c1-7-10-4-3-9(5-11(7)8(10)2)13-12(15)6-17-14(13)16/h3-5,7-8,10-11,15H,6H2,1-2H3. The van der Waals surface area contributed by atoms with Crippen LogP contribution < -0.4 is 0 Å². The number of aliphatic hydroxyl groups excluding tert-OH is 1. The molecule has 90 valence electrons. The number of aliphatic hydroxyl groups is 1. The lowest BCUT2D eigenvalue weighted by molar-refractivity contribution is -0.135. The van der Waals surface area contributed by atoms with Gasteiger partial charge in [-0.05, 0) is 29.2 Å². The molecule has 0 aromatic carbocycles. The predicted molar refractivity (Wildman–Crippen MR) is 63.1 cm³/mol. The molecule has 1 fully saturated rings. The van der Waals surface area contributed by atoms with Crippen molar-refractivity contribution < 1.29 is 14.6 Å². The van der Waals surface area contributed by atoms with Crippen molar-refractivity contribution in [2.24, 2.45) is 23.7 Å². The molecule has 0 spiro atoms. The number of ether oxygens (including phenoxy) is 1. The van der Waals surface area contributed by atoms with Crippen molar-refractivity contribution in [3.8, 4) is 0 Å². The van der Waals surface area contributed by atoms with Gasteiger partial charge in [-0.2, -0.15) is 0 Å². The fraction of sp³-hybridized carbons (Fsp3) is 0.500. The Morgan fingerprint density at radius 1 is 1.29 bits per heavy atom. The molecule has 17 heavy (non-hydrogen) atoms. The first kappa shape index (κ1) is 10.6. The highest BCUT2D eigenvalue weighted by molar-refractivity contribution is 5.97. The summed E-state index contributed by atoms with van der Waals surface area (Å²) >= 11 is 0. The van der Waals surface area contributed by atoms with Gasteiger partial charge in [-0.15, -0.1) is 0 Å². The minimum atomic E-state index is -0.405. The summed E-state index contributed by atoms with van der Waals surface area (Å²) in [5.41, 5.74) is 1.18. The third-order valence-corrected chi connectivity index (χ3v) is 4.42. The van der Waals surface area contributed by atoms with Crippen LogP contribution in [0, 0.1) is 23.7 Å². The van der Waals surface area contributed by atoms with Gasteiger partial charge in [-0.25, -0.2) is 4.79 Å². The van der Waals surface area contributed by atoms with Gasteiger partial charge in [0, 0.05) is 0 Å². The van der Waals surface area contributed by atoms with Crippen molar-refractivity contribution in [2.45, 2.75) is 13.8 Å². The number of esters is 1. The summed E-state index contributed by atoms with van der Waals surface area (Å²) in [5.74, 6) is 1.99. The van der Waals surface area contributed by atoms with Crippen molar-refractivity contribution in [2.75, 3.05) is 6.61 Å². The number of cyclic esters (lactones) is 1. The first-order valence-electron chi connectivity index (χ1n) is 6.09. The molecule has 0 aromatic rings. The molecule has 0 saturated heterocycles. The molecule has 2 unspecified atom stereocenters. The van der Waals surface area contributed by atoms with E-state index in [9.17, 15) is 9.90 Å². The second-order valence-electron chi connectivity index (χ2n) is 5.25. The molecule has 1 saturated carbocycles. The van der Waals surface area contributed by atoms with Crippen LogP contribution in [0.2, 0.25) is 0 Å². The highest BCUT2D eigenvalue weighted by atomic mass is 16.5. The third kappa shape index (κ3) is 1.38. The average molecular weight is 232 g/mol. The van der Waals surface area contributed by atoms with Crippen molar-refractivity contribution >= 4 is 5.97 Å². The van der Waals surface area contributed by atoms with Crippen molar-refractivity contribution in [1.29, 1.82) is 0 Å². The molecule has 1 N–H and O–H groups in total. The lowest BCUT2D eigenvalue weighted by Gasteiger charge is -2.46. The van der Waals surface area contributed by atoms with Crippen LogP contribution >= 0.6 is 0 Å². The molecule has 1 heterocycles. The Balaban J connectivity index is 2.00. The molecule has 4 aliphatic rings. The minimum Gasteiger partial charge on any atom is -0.508 e. The van der Waals surface area contributed by atoms with Crippen molar-refractivity contribution in [3.63, 3.8) is 0 Å². The Kier molecular flexibility index (Phi) is 2.18. The van der Waals surface area contributed by atoms with E-state index < -0.39 is 5.97 Å². The Hall–Kier alpha value is -1.51. The molecule has 3 nitrogen and oxygen atoms in total. The van der Waals surface area contributed by atoms with E-state index in [1.807, 2.05) is 6.08 Å². The zero-order valence-electron chi connectivity index (χ0n) is 10.0. The first-order valence-corrected chi connectivity index (χ1v) is 6.09. The number of allylic oxidation sites excluding steroid dienone is 3. The summed E-state index contributed by atoms with van der Waals surface area (Å²) in [6, 6.07) is 0. The Labute approximate surface area is 100 Å². The van der Waals surface area contributed by atoms with Crippen molar-refractivity contribution in [1.82, 2.24) is 0 Å². The maximum absolute atomic E-state index is 11.6. The number of fused-ring (bicyclic) bond motifs is 1. The molecule has 1 aliphatic heterocycles. The van der Waals surface area contributed by atoms with Gasteiger partial charge in [0.2, 0.25) is 0 Å². The van der Waals surface area contributed by atoms with E-state index in [-0.39, 0.29) is 12.4 Å². The fourth-order valence-corrected chi connectivity index (χ4v) is 3.30. The molecule has 2 bridgehead atoms. The maximum Gasteiger partial charge on any atom is 0.342 e. The summed E-state index contributed by atoms with van der Waals surface area (Å²) in [7, 11) is 0. The van der Waals surface area contributed by atoms with Crippen LogP contribution in [0.5, 0.6) is 0 Å². The number of carbonyl (C=O) groups is 1. The van der Waals surface area contributed by atoms with Crippen LogP contribution in [-0.2, 0) is 9.53 Å². The topological polar surface area (TPSA) is 46.5 Å². The van der Waals surface area contributed by atoms with Crippen LogP contribution in [-0.4, -0.2) is 17.7 Å². The zero-order chi connectivity index (χ0) is 12.2. The molecule has 2 atom stereocenters. The molecular weight excluding hydrogens is 216 g/mol. The molecule has 0 aromatic heterocycles. The Morgan fingerprint density at radius 3 is 2.59 bits per heavy atom. The van der Waals surface area contributed by atoms with E-state index in [0.717, 1.165) is 5.57 Å². The van der Waals surface area contributed by atoms with E-state index >= 15 is 0 Å². The van der Waals surface area contributed by atoms with Gasteiger partial charge in [-0.1, -0.05) is 32.1 Å². The lowest BCUT2D eigenvalue weighted by atomic mass is 9.59. The normalized spacial score (nSPS) is 39.6. The quantitative estimate of drug-likeness (QED) is 0.706. The number of carbonyl (C=O) groups excluding carboxylic acids is 1.